The lowest BCUT2D eigenvalue weighted by Gasteiger charge is -2.44. The monoisotopic (exact) mass is 122 g/mol. The largest absolute Gasteiger partial charge is 0.103 e. The molecule has 0 aromatic rings. The molecule has 3 fully saturated rings. The normalized spacial score (nSPS) is 47.8. The zero-order valence-electron chi connectivity index (χ0n) is 5.84. The van der Waals surface area contributed by atoms with Crippen molar-refractivity contribution in [3.05, 3.63) is 12.7 Å². The van der Waals surface area contributed by atoms with Gasteiger partial charge in [0.25, 0.3) is 0 Å². The third-order valence-electron chi connectivity index (χ3n) is 2.94. The summed E-state index contributed by atoms with van der Waals surface area (Å²) in [7, 11) is 0. The summed E-state index contributed by atoms with van der Waals surface area (Å²) in [6.07, 6.45) is 8.10. The Balaban J connectivity index is 1.96. The number of rotatable bonds is 1. The molecule has 0 heteroatoms. The lowest BCUT2D eigenvalue weighted by Crippen LogP contribution is -2.33. The summed E-state index contributed by atoms with van der Waals surface area (Å²) in [5.74, 6) is 3.06. The van der Waals surface area contributed by atoms with E-state index >= 15 is 0 Å². The minimum atomic E-state index is 0.877. The van der Waals surface area contributed by atoms with Crippen LogP contribution < -0.4 is 0 Å². The molecule has 2 bridgehead atoms. The lowest BCUT2D eigenvalue weighted by molar-refractivity contribution is 0.0860. The molecule has 3 saturated carbocycles. The molecule has 9 heavy (non-hydrogen) atoms. The van der Waals surface area contributed by atoms with Crippen molar-refractivity contribution >= 4 is 0 Å². The summed E-state index contributed by atoms with van der Waals surface area (Å²) >= 11 is 0. The smallest absolute Gasteiger partial charge is 0.0231 e. The van der Waals surface area contributed by atoms with E-state index < -0.39 is 0 Å². The van der Waals surface area contributed by atoms with Crippen molar-refractivity contribution in [2.75, 3.05) is 0 Å². The summed E-state index contributed by atoms with van der Waals surface area (Å²) < 4.78 is 0. The molecule has 0 N–H and O–H groups in total. The Morgan fingerprint density at radius 1 is 1.00 bits per heavy atom. The van der Waals surface area contributed by atoms with Gasteiger partial charge in [-0.15, -0.1) is 6.58 Å². The van der Waals surface area contributed by atoms with Crippen molar-refractivity contribution in [3.8, 4) is 0 Å². The molecule has 0 spiro atoms. The molecule has 0 aromatic heterocycles. The summed E-state index contributed by atoms with van der Waals surface area (Å²) in [4.78, 5) is 0. The zero-order chi connectivity index (χ0) is 6.27. The third-order valence-corrected chi connectivity index (χ3v) is 2.94. The van der Waals surface area contributed by atoms with Crippen molar-refractivity contribution in [2.45, 2.75) is 25.7 Å². The Labute approximate surface area is 57.0 Å². The molecule has 0 radical (unpaired) electrons. The highest BCUT2D eigenvalue weighted by molar-refractivity contribution is 4.94. The van der Waals surface area contributed by atoms with Gasteiger partial charge in [-0.05, 0) is 43.4 Å². The third kappa shape index (κ3) is 0.810. The Morgan fingerprint density at radius 3 is 1.89 bits per heavy atom. The SMILES string of the molecule is C=CC1CC2CC(C1)C2. The van der Waals surface area contributed by atoms with Crippen LogP contribution in [0.3, 0.4) is 0 Å². The van der Waals surface area contributed by atoms with E-state index in [9.17, 15) is 0 Å². The van der Waals surface area contributed by atoms with E-state index in [1.165, 1.54) is 25.7 Å². The van der Waals surface area contributed by atoms with Gasteiger partial charge >= 0.3 is 0 Å². The average molecular weight is 122 g/mol. The second-order valence-corrected chi connectivity index (χ2v) is 3.67. The van der Waals surface area contributed by atoms with Gasteiger partial charge in [-0.3, -0.25) is 0 Å². The van der Waals surface area contributed by atoms with Gasteiger partial charge in [-0.1, -0.05) is 6.08 Å². The van der Waals surface area contributed by atoms with Crippen molar-refractivity contribution in [2.24, 2.45) is 17.8 Å². The fourth-order valence-electron chi connectivity index (χ4n) is 2.40. The lowest BCUT2D eigenvalue weighted by atomic mass is 9.61. The number of allylic oxidation sites excluding steroid dienone is 1. The maximum atomic E-state index is 3.84. The first-order valence-electron chi connectivity index (χ1n) is 4.01. The van der Waals surface area contributed by atoms with Crippen LogP contribution in [0.5, 0.6) is 0 Å². The van der Waals surface area contributed by atoms with Gasteiger partial charge in [-0.2, -0.15) is 0 Å². The number of hydrogen-bond acceptors (Lipinski definition) is 0. The van der Waals surface area contributed by atoms with Crippen LogP contribution in [0.15, 0.2) is 12.7 Å². The highest BCUT2D eigenvalue weighted by Gasteiger charge is 2.36. The van der Waals surface area contributed by atoms with E-state index in [4.69, 9.17) is 0 Å². The molecule has 0 unspecified atom stereocenters. The van der Waals surface area contributed by atoms with Gasteiger partial charge in [0.2, 0.25) is 0 Å². The minimum Gasteiger partial charge on any atom is -0.103 e. The van der Waals surface area contributed by atoms with Crippen molar-refractivity contribution in [3.63, 3.8) is 0 Å². The molecule has 3 aliphatic rings. The van der Waals surface area contributed by atoms with Gasteiger partial charge in [0.15, 0.2) is 0 Å². The molecule has 0 nitrogen and oxygen atoms in total. The topological polar surface area (TPSA) is 0 Å². The van der Waals surface area contributed by atoms with Crippen LogP contribution in [0.1, 0.15) is 25.7 Å². The molecular weight excluding hydrogens is 108 g/mol. The van der Waals surface area contributed by atoms with E-state index in [-0.39, 0.29) is 0 Å². The predicted octanol–water partition coefficient (Wildman–Crippen LogP) is 2.61. The van der Waals surface area contributed by atoms with Crippen molar-refractivity contribution < 1.29 is 0 Å². The van der Waals surface area contributed by atoms with Crippen LogP contribution in [0.4, 0.5) is 0 Å². The maximum absolute atomic E-state index is 3.84. The molecule has 3 rings (SSSR count). The molecule has 0 aromatic carbocycles. The molecule has 50 valence electrons. The van der Waals surface area contributed by atoms with E-state index in [0.29, 0.717) is 0 Å². The summed E-state index contributed by atoms with van der Waals surface area (Å²) in [5, 5.41) is 0. The fourth-order valence-corrected chi connectivity index (χ4v) is 2.40. The van der Waals surface area contributed by atoms with Crippen LogP contribution in [0.25, 0.3) is 0 Å². The quantitative estimate of drug-likeness (QED) is 0.469. The highest BCUT2D eigenvalue weighted by Crippen LogP contribution is 2.48. The molecule has 0 saturated heterocycles. The first-order chi connectivity index (χ1) is 4.38. The molecule has 0 aliphatic heterocycles. The zero-order valence-corrected chi connectivity index (χ0v) is 5.84. The average Bonchev–Trinajstić information content (AvgIpc) is 1.87. The molecule has 0 amide bonds. The minimum absolute atomic E-state index is 0.877. The van der Waals surface area contributed by atoms with Gasteiger partial charge in [0.05, 0.1) is 0 Å². The van der Waals surface area contributed by atoms with Crippen molar-refractivity contribution in [1.82, 2.24) is 0 Å². The molecule has 3 aliphatic carbocycles. The molecule has 0 heterocycles. The second-order valence-electron chi connectivity index (χ2n) is 3.67. The van der Waals surface area contributed by atoms with E-state index in [2.05, 4.69) is 12.7 Å². The number of hydrogen-bond donors (Lipinski definition) is 0. The summed E-state index contributed by atoms with van der Waals surface area (Å²) in [6, 6.07) is 0. The van der Waals surface area contributed by atoms with E-state index in [1.54, 1.807) is 0 Å². The van der Waals surface area contributed by atoms with Gasteiger partial charge in [-0.25, -0.2) is 0 Å². The maximum Gasteiger partial charge on any atom is -0.0231 e. The predicted molar refractivity (Wildman–Crippen MR) is 39.1 cm³/mol. The van der Waals surface area contributed by atoms with E-state index in [0.717, 1.165) is 17.8 Å². The number of fused-ring (bicyclic) bond motifs is 2. The van der Waals surface area contributed by atoms with E-state index in [1.807, 2.05) is 0 Å². The van der Waals surface area contributed by atoms with Crippen LogP contribution in [-0.4, -0.2) is 0 Å². The van der Waals surface area contributed by atoms with Gasteiger partial charge in [0, 0.05) is 0 Å². The van der Waals surface area contributed by atoms with Crippen LogP contribution >= 0.6 is 0 Å². The second kappa shape index (κ2) is 1.86. The Bertz CT molecular complexity index is 110. The first-order valence-corrected chi connectivity index (χ1v) is 4.01. The fraction of sp³-hybridized carbons (Fsp3) is 0.778. The molecular formula is C9H14. The summed E-state index contributed by atoms with van der Waals surface area (Å²) in [6.45, 7) is 3.84. The highest BCUT2D eigenvalue weighted by atomic mass is 14.4. The van der Waals surface area contributed by atoms with Crippen LogP contribution in [0.2, 0.25) is 0 Å². The van der Waals surface area contributed by atoms with Crippen molar-refractivity contribution in [1.29, 1.82) is 0 Å². The first kappa shape index (κ1) is 5.52. The Kier molecular flexibility index (Phi) is 1.14. The Morgan fingerprint density at radius 2 is 1.56 bits per heavy atom. The standard InChI is InChI=1S/C9H14/c1-2-7-3-8-5-9(4-7)6-8/h2,7-9H,1,3-6H2. The van der Waals surface area contributed by atoms with Crippen LogP contribution in [0, 0.1) is 17.8 Å². The van der Waals surface area contributed by atoms with Gasteiger partial charge in [0.1, 0.15) is 0 Å². The van der Waals surface area contributed by atoms with Gasteiger partial charge < -0.3 is 0 Å². The summed E-state index contributed by atoms with van der Waals surface area (Å²) in [5.41, 5.74) is 0. The Hall–Kier alpha value is -0.260. The molecule has 0 atom stereocenters. The van der Waals surface area contributed by atoms with Crippen LogP contribution in [-0.2, 0) is 0 Å².